The van der Waals surface area contributed by atoms with Crippen molar-refractivity contribution in [3.05, 3.63) is 46.7 Å². The summed E-state index contributed by atoms with van der Waals surface area (Å²) in [5.41, 5.74) is 4.65. The van der Waals surface area contributed by atoms with E-state index >= 15 is 0 Å². The van der Waals surface area contributed by atoms with Gasteiger partial charge in [0.05, 0.1) is 5.69 Å². The van der Waals surface area contributed by atoms with Crippen molar-refractivity contribution in [3.63, 3.8) is 0 Å². The van der Waals surface area contributed by atoms with E-state index in [0.717, 1.165) is 16.4 Å². The van der Waals surface area contributed by atoms with Crippen molar-refractivity contribution >= 4 is 34.5 Å². The van der Waals surface area contributed by atoms with Crippen LogP contribution in [-0.2, 0) is 0 Å². The van der Waals surface area contributed by atoms with E-state index in [2.05, 4.69) is 59.3 Å². The molecule has 2 aromatic heterocycles. The van der Waals surface area contributed by atoms with Crippen LogP contribution in [0.1, 0.15) is 5.56 Å². The Kier molecular flexibility index (Phi) is 3.27. The second-order valence-electron chi connectivity index (χ2n) is 4.24. The van der Waals surface area contributed by atoms with Gasteiger partial charge < -0.3 is 0 Å². The number of aryl methyl sites for hydroxylation is 1. The first-order valence-corrected chi connectivity index (χ1v) is 7.60. The molecule has 4 heteroatoms. The maximum Gasteiger partial charge on any atom is 0.209 e. The highest BCUT2D eigenvalue weighted by Crippen LogP contribution is 2.34. The fourth-order valence-corrected chi connectivity index (χ4v) is 3.35. The summed E-state index contributed by atoms with van der Waals surface area (Å²) in [7, 11) is 0. The van der Waals surface area contributed by atoms with Gasteiger partial charge in [-0.1, -0.05) is 29.8 Å². The van der Waals surface area contributed by atoms with Crippen LogP contribution in [-0.4, -0.2) is 11.7 Å². The van der Waals surface area contributed by atoms with E-state index in [1.807, 2.05) is 5.38 Å². The highest BCUT2D eigenvalue weighted by Gasteiger charge is 2.07. The van der Waals surface area contributed by atoms with E-state index in [4.69, 9.17) is 0 Å². The van der Waals surface area contributed by atoms with Gasteiger partial charge in [0.25, 0.3) is 0 Å². The predicted octanol–water partition coefficient (Wildman–Crippen LogP) is 5.18. The maximum atomic E-state index is 4.42. The van der Waals surface area contributed by atoms with Gasteiger partial charge in [-0.25, -0.2) is 9.98 Å². The summed E-state index contributed by atoms with van der Waals surface area (Å²) < 4.78 is 0. The second kappa shape index (κ2) is 5.07. The zero-order chi connectivity index (χ0) is 13.2. The van der Waals surface area contributed by atoms with Crippen molar-refractivity contribution in [1.82, 2.24) is 4.98 Å². The molecule has 2 nitrogen and oxygen atoms in total. The minimum atomic E-state index is 0.720. The zero-order valence-electron chi connectivity index (χ0n) is 10.5. The third kappa shape index (κ3) is 2.50. The first-order valence-electron chi connectivity index (χ1n) is 5.84. The molecular weight excluding hydrogens is 272 g/mol. The standard InChI is InChI=1S/C15H12N2S2/c1-10-3-5-11(6-4-10)14-7-12(8-18-14)13-9-19-15(16-2)17-13/h3-9H,2H2,1H3. The number of benzene rings is 1. The molecule has 3 rings (SSSR count). The molecule has 1 aromatic carbocycles. The van der Waals surface area contributed by atoms with E-state index in [9.17, 15) is 0 Å². The van der Waals surface area contributed by atoms with Crippen LogP contribution in [0.25, 0.3) is 21.7 Å². The van der Waals surface area contributed by atoms with Gasteiger partial charge in [-0.3, -0.25) is 0 Å². The lowest BCUT2D eigenvalue weighted by molar-refractivity contribution is 1.37. The molecule has 0 bridgehead atoms. The van der Waals surface area contributed by atoms with Gasteiger partial charge in [-0.05, 0) is 25.3 Å². The van der Waals surface area contributed by atoms with E-state index in [-0.39, 0.29) is 0 Å². The zero-order valence-corrected chi connectivity index (χ0v) is 12.1. The molecule has 0 atom stereocenters. The SMILES string of the molecule is C=Nc1nc(-c2csc(-c3ccc(C)cc3)c2)cs1. The fraction of sp³-hybridized carbons (Fsp3) is 0.0667. The summed E-state index contributed by atoms with van der Waals surface area (Å²) in [5, 5.41) is 4.88. The first kappa shape index (κ1) is 12.3. The summed E-state index contributed by atoms with van der Waals surface area (Å²) in [6, 6.07) is 10.8. The van der Waals surface area contributed by atoms with Gasteiger partial charge in [0.2, 0.25) is 5.13 Å². The quantitative estimate of drug-likeness (QED) is 0.608. The number of hydrogen-bond acceptors (Lipinski definition) is 4. The number of aliphatic imine (C=N–C) groups is 1. The molecule has 0 saturated heterocycles. The lowest BCUT2D eigenvalue weighted by atomic mass is 10.1. The average Bonchev–Trinajstić information content (AvgIpc) is 3.08. The lowest BCUT2D eigenvalue weighted by Crippen LogP contribution is -1.74. The Morgan fingerprint density at radius 2 is 1.84 bits per heavy atom. The molecule has 0 N–H and O–H groups in total. The number of hydrogen-bond donors (Lipinski definition) is 0. The van der Waals surface area contributed by atoms with Crippen LogP contribution < -0.4 is 0 Å². The Balaban J connectivity index is 1.94. The molecule has 19 heavy (non-hydrogen) atoms. The first-order chi connectivity index (χ1) is 9.26. The molecule has 0 saturated carbocycles. The highest BCUT2D eigenvalue weighted by molar-refractivity contribution is 7.14. The lowest BCUT2D eigenvalue weighted by Gasteiger charge is -1.97. The molecule has 0 aliphatic carbocycles. The summed E-state index contributed by atoms with van der Waals surface area (Å²) in [6.45, 7) is 5.60. The van der Waals surface area contributed by atoms with Crippen LogP contribution in [0.3, 0.4) is 0 Å². The molecule has 0 amide bonds. The normalized spacial score (nSPS) is 10.6. The Morgan fingerprint density at radius 1 is 1.05 bits per heavy atom. The van der Waals surface area contributed by atoms with Crippen molar-refractivity contribution < 1.29 is 0 Å². The molecule has 94 valence electrons. The van der Waals surface area contributed by atoms with Gasteiger partial charge in [0, 0.05) is 21.2 Å². The molecule has 3 aromatic rings. The molecule has 0 fully saturated rings. The Morgan fingerprint density at radius 3 is 2.53 bits per heavy atom. The third-order valence-electron chi connectivity index (χ3n) is 2.86. The van der Waals surface area contributed by atoms with Gasteiger partial charge in [0.15, 0.2) is 0 Å². The molecule has 0 spiro atoms. The van der Waals surface area contributed by atoms with Crippen LogP contribution in [0.15, 0.2) is 46.1 Å². The Hall–Kier alpha value is -1.78. The van der Waals surface area contributed by atoms with Crippen LogP contribution in [0, 0.1) is 6.92 Å². The van der Waals surface area contributed by atoms with Crippen LogP contribution in [0.4, 0.5) is 5.13 Å². The molecule has 0 radical (unpaired) electrons. The van der Waals surface area contributed by atoms with E-state index in [0.29, 0.717) is 0 Å². The van der Waals surface area contributed by atoms with Crippen molar-refractivity contribution in [2.75, 3.05) is 0 Å². The molecule has 0 aliphatic rings. The van der Waals surface area contributed by atoms with Crippen molar-refractivity contribution in [2.24, 2.45) is 4.99 Å². The molecule has 2 heterocycles. The summed E-state index contributed by atoms with van der Waals surface area (Å²) >= 11 is 3.25. The van der Waals surface area contributed by atoms with E-state index < -0.39 is 0 Å². The monoisotopic (exact) mass is 284 g/mol. The number of thiazole rings is 1. The Labute approximate surface area is 120 Å². The number of thiophene rings is 1. The minimum Gasteiger partial charge on any atom is -0.236 e. The predicted molar refractivity (Wildman–Crippen MR) is 84.8 cm³/mol. The van der Waals surface area contributed by atoms with Crippen LogP contribution >= 0.6 is 22.7 Å². The van der Waals surface area contributed by atoms with Gasteiger partial charge >= 0.3 is 0 Å². The van der Waals surface area contributed by atoms with Gasteiger partial charge in [-0.15, -0.1) is 22.7 Å². The van der Waals surface area contributed by atoms with Crippen LogP contribution in [0.2, 0.25) is 0 Å². The van der Waals surface area contributed by atoms with Gasteiger partial charge in [-0.2, -0.15) is 0 Å². The van der Waals surface area contributed by atoms with Crippen molar-refractivity contribution in [3.8, 4) is 21.7 Å². The third-order valence-corrected chi connectivity index (χ3v) is 4.61. The van der Waals surface area contributed by atoms with Gasteiger partial charge in [0.1, 0.15) is 0 Å². The van der Waals surface area contributed by atoms with Crippen molar-refractivity contribution in [2.45, 2.75) is 6.92 Å². The van der Waals surface area contributed by atoms with E-state index in [1.165, 1.54) is 27.3 Å². The fourth-order valence-electron chi connectivity index (χ4n) is 1.81. The number of rotatable bonds is 3. The maximum absolute atomic E-state index is 4.42. The topological polar surface area (TPSA) is 25.2 Å². The highest BCUT2D eigenvalue weighted by atomic mass is 32.1. The Bertz CT molecular complexity index is 708. The molecule has 0 aliphatic heterocycles. The number of nitrogens with zero attached hydrogens (tertiary/aromatic N) is 2. The average molecular weight is 284 g/mol. The molecule has 0 unspecified atom stereocenters. The van der Waals surface area contributed by atoms with E-state index in [1.54, 1.807) is 11.3 Å². The number of aromatic nitrogens is 1. The molecular formula is C15H12N2S2. The van der Waals surface area contributed by atoms with Crippen molar-refractivity contribution in [1.29, 1.82) is 0 Å². The minimum absolute atomic E-state index is 0.720. The largest absolute Gasteiger partial charge is 0.236 e. The summed E-state index contributed by atoms with van der Waals surface area (Å²) in [6.07, 6.45) is 0. The smallest absolute Gasteiger partial charge is 0.209 e. The van der Waals surface area contributed by atoms with Crippen LogP contribution in [0.5, 0.6) is 0 Å². The second-order valence-corrected chi connectivity index (χ2v) is 5.99. The summed E-state index contributed by atoms with van der Waals surface area (Å²) in [4.78, 5) is 9.53. The summed E-state index contributed by atoms with van der Waals surface area (Å²) in [5.74, 6) is 0.